The van der Waals surface area contributed by atoms with E-state index in [0.29, 0.717) is 0 Å². The van der Waals surface area contributed by atoms with E-state index in [0.717, 1.165) is 16.3 Å². The van der Waals surface area contributed by atoms with Gasteiger partial charge >= 0.3 is 0 Å². The van der Waals surface area contributed by atoms with Gasteiger partial charge in [0.25, 0.3) is 0 Å². The van der Waals surface area contributed by atoms with Crippen LogP contribution in [0, 0.1) is 0 Å². The van der Waals surface area contributed by atoms with E-state index in [1.54, 1.807) is 6.33 Å². The van der Waals surface area contributed by atoms with Crippen LogP contribution in [0.1, 0.15) is 17.3 Å². The van der Waals surface area contributed by atoms with Gasteiger partial charge in [0.15, 0.2) is 0 Å². The molecule has 0 saturated carbocycles. The maximum atomic E-state index is 5.99. The van der Waals surface area contributed by atoms with Gasteiger partial charge in [0.1, 0.15) is 0 Å². The molecule has 1 atom stereocenters. The summed E-state index contributed by atoms with van der Waals surface area (Å²) in [5.41, 5.74) is 2.11. The molecule has 84 valence electrons. The van der Waals surface area contributed by atoms with Crippen molar-refractivity contribution in [1.29, 1.82) is 0 Å². The Labute approximate surface area is 100 Å². The first kappa shape index (κ1) is 11.2. The van der Waals surface area contributed by atoms with Crippen LogP contribution in [0.3, 0.4) is 0 Å². The Morgan fingerprint density at radius 2 is 2.25 bits per heavy atom. The highest BCUT2D eigenvalue weighted by molar-refractivity contribution is 6.30. The van der Waals surface area contributed by atoms with Gasteiger partial charge in [0.05, 0.1) is 18.1 Å². The van der Waals surface area contributed by atoms with E-state index in [1.165, 1.54) is 0 Å². The Morgan fingerprint density at radius 3 is 2.81 bits per heavy atom. The van der Waals surface area contributed by atoms with Crippen molar-refractivity contribution in [2.75, 3.05) is 7.05 Å². The van der Waals surface area contributed by atoms with E-state index in [4.69, 9.17) is 11.6 Å². The minimum absolute atomic E-state index is 0.0832. The van der Waals surface area contributed by atoms with Gasteiger partial charge in [-0.05, 0) is 24.7 Å². The van der Waals surface area contributed by atoms with Crippen LogP contribution in [0.15, 0.2) is 36.8 Å². The Balaban J connectivity index is 2.36. The van der Waals surface area contributed by atoms with Gasteiger partial charge in [-0.2, -0.15) is 0 Å². The van der Waals surface area contributed by atoms with Gasteiger partial charge < -0.3 is 9.88 Å². The Bertz CT molecular complexity index is 479. The number of nitrogens with zero attached hydrogens (tertiary/aromatic N) is 2. The fourth-order valence-electron chi connectivity index (χ4n) is 1.75. The average molecular weight is 236 g/mol. The van der Waals surface area contributed by atoms with Crippen molar-refractivity contribution in [1.82, 2.24) is 14.9 Å². The fourth-order valence-corrected chi connectivity index (χ4v) is 1.95. The molecule has 4 heteroatoms. The van der Waals surface area contributed by atoms with Crippen LogP contribution in [-0.4, -0.2) is 16.6 Å². The van der Waals surface area contributed by atoms with E-state index in [9.17, 15) is 0 Å². The molecule has 0 aliphatic rings. The van der Waals surface area contributed by atoms with Crippen molar-refractivity contribution in [3.05, 3.63) is 53.1 Å². The van der Waals surface area contributed by atoms with Crippen LogP contribution in [0.2, 0.25) is 5.02 Å². The minimum atomic E-state index is 0.0832. The normalized spacial score (nSPS) is 12.7. The standard InChI is InChI=1S/C12H14ClN3/c1-14-12(11-7-16(2)8-15-11)9-4-3-5-10(13)6-9/h3-8,12,14H,1-2H3. The molecule has 1 unspecified atom stereocenters. The number of rotatable bonds is 3. The second-order valence-corrected chi connectivity index (χ2v) is 4.18. The first-order valence-electron chi connectivity index (χ1n) is 5.11. The topological polar surface area (TPSA) is 29.9 Å². The molecule has 1 aromatic carbocycles. The highest BCUT2D eigenvalue weighted by Gasteiger charge is 2.14. The first-order chi connectivity index (χ1) is 7.70. The molecule has 0 radical (unpaired) electrons. The van der Waals surface area contributed by atoms with Crippen LogP contribution in [0.5, 0.6) is 0 Å². The lowest BCUT2D eigenvalue weighted by atomic mass is 10.0. The van der Waals surface area contributed by atoms with Crippen LogP contribution in [-0.2, 0) is 7.05 Å². The van der Waals surface area contributed by atoms with Crippen LogP contribution in [0.25, 0.3) is 0 Å². The summed E-state index contributed by atoms with van der Waals surface area (Å²) in [5, 5.41) is 3.98. The molecule has 1 aromatic heterocycles. The van der Waals surface area contributed by atoms with Gasteiger partial charge in [-0.3, -0.25) is 0 Å². The maximum absolute atomic E-state index is 5.99. The van der Waals surface area contributed by atoms with Gasteiger partial charge in [-0.25, -0.2) is 4.98 Å². The van der Waals surface area contributed by atoms with Crippen molar-refractivity contribution in [2.45, 2.75) is 6.04 Å². The monoisotopic (exact) mass is 235 g/mol. The second-order valence-electron chi connectivity index (χ2n) is 3.74. The Kier molecular flexibility index (Phi) is 3.27. The molecule has 0 aliphatic heterocycles. The van der Waals surface area contributed by atoms with E-state index in [-0.39, 0.29) is 6.04 Å². The summed E-state index contributed by atoms with van der Waals surface area (Å²) in [5.74, 6) is 0. The summed E-state index contributed by atoms with van der Waals surface area (Å²) in [6.07, 6.45) is 3.80. The predicted molar refractivity (Wildman–Crippen MR) is 65.6 cm³/mol. The van der Waals surface area contributed by atoms with Gasteiger partial charge in [-0.15, -0.1) is 0 Å². The van der Waals surface area contributed by atoms with Crippen molar-refractivity contribution < 1.29 is 0 Å². The molecule has 0 aliphatic carbocycles. The van der Waals surface area contributed by atoms with Crippen molar-refractivity contribution in [3.8, 4) is 0 Å². The van der Waals surface area contributed by atoms with E-state index >= 15 is 0 Å². The maximum Gasteiger partial charge on any atom is 0.0947 e. The van der Waals surface area contributed by atoms with Crippen molar-refractivity contribution >= 4 is 11.6 Å². The summed E-state index contributed by atoms with van der Waals surface area (Å²) in [6.45, 7) is 0. The zero-order chi connectivity index (χ0) is 11.5. The smallest absolute Gasteiger partial charge is 0.0947 e. The lowest BCUT2D eigenvalue weighted by Crippen LogP contribution is -2.17. The summed E-state index contributed by atoms with van der Waals surface area (Å²) in [4.78, 5) is 4.35. The van der Waals surface area contributed by atoms with E-state index in [2.05, 4.69) is 10.3 Å². The number of nitrogens with one attached hydrogen (secondary N) is 1. The highest BCUT2D eigenvalue weighted by Crippen LogP contribution is 2.22. The molecule has 0 spiro atoms. The molecular weight excluding hydrogens is 222 g/mol. The molecule has 0 saturated heterocycles. The number of benzene rings is 1. The van der Waals surface area contributed by atoms with E-state index in [1.807, 2.05) is 49.1 Å². The van der Waals surface area contributed by atoms with Crippen LogP contribution in [0.4, 0.5) is 0 Å². The van der Waals surface area contributed by atoms with Gasteiger partial charge in [0, 0.05) is 18.3 Å². The molecular formula is C12H14ClN3. The quantitative estimate of drug-likeness (QED) is 0.886. The van der Waals surface area contributed by atoms with Gasteiger partial charge in [-0.1, -0.05) is 23.7 Å². The molecule has 2 aromatic rings. The third-order valence-electron chi connectivity index (χ3n) is 2.49. The van der Waals surface area contributed by atoms with E-state index < -0.39 is 0 Å². The Hall–Kier alpha value is -1.32. The number of aryl methyl sites for hydroxylation is 1. The minimum Gasteiger partial charge on any atom is -0.340 e. The lowest BCUT2D eigenvalue weighted by Gasteiger charge is -2.14. The number of halogens is 1. The van der Waals surface area contributed by atoms with Gasteiger partial charge in [0.2, 0.25) is 0 Å². The highest BCUT2D eigenvalue weighted by atomic mass is 35.5. The number of imidazole rings is 1. The fraction of sp³-hybridized carbons (Fsp3) is 0.250. The van der Waals surface area contributed by atoms with Crippen molar-refractivity contribution in [3.63, 3.8) is 0 Å². The second kappa shape index (κ2) is 4.68. The number of hydrogen-bond donors (Lipinski definition) is 1. The summed E-state index contributed by atoms with van der Waals surface area (Å²) in [7, 11) is 3.88. The molecule has 1 N–H and O–H groups in total. The summed E-state index contributed by atoms with van der Waals surface area (Å²) >= 11 is 5.99. The third kappa shape index (κ3) is 2.26. The molecule has 3 nitrogen and oxygen atoms in total. The summed E-state index contributed by atoms with van der Waals surface area (Å²) in [6, 6.07) is 7.90. The largest absolute Gasteiger partial charge is 0.340 e. The molecule has 2 rings (SSSR count). The summed E-state index contributed by atoms with van der Waals surface area (Å²) < 4.78 is 1.93. The molecule has 16 heavy (non-hydrogen) atoms. The third-order valence-corrected chi connectivity index (χ3v) is 2.73. The van der Waals surface area contributed by atoms with Crippen LogP contribution >= 0.6 is 11.6 Å². The lowest BCUT2D eigenvalue weighted by molar-refractivity contribution is 0.674. The zero-order valence-corrected chi connectivity index (χ0v) is 10.1. The number of hydrogen-bond acceptors (Lipinski definition) is 2. The molecule has 0 fully saturated rings. The number of aromatic nitrogens is 2. The average Bonchev–Trinajstić information content (AvgIpc) is 2.66. The SMILES string of the molecule is CNC(c1cccc(Cl)c1)c1cn(C)cn1. The molecule has 0 amide bonds. The molecule has 1 heterocycles. The Morgan fingerprint density at radius 1 is 1.44 bits per heavy atom. The van der Waals surface area contributed by atoms with Crippen LogP contribution < -0.4 is 5.32 Å². The zero-order valence-electron chi connectivity index (χ0n) is 9.31. The predicted octanol–water partition coefficient (Wildman–Crippen LogP) is 2.38. The molecule has 0 bridgehead atoms. The van der Waals surface area contributed by atoms with Crippen molar-refractivity contribution in [2.24, 2.45) is 7.05 Å². The first-order valence-corrected chi connectivity index (χ1v) is 5.49.